The van der Waals surface area contributed by atoms with E-state index in [1.165, 1.54) is 6.33 Å². The molecule has 2 heterocycles. The Morgan fingerprint density at radius 3 is 3.14 bits per heavy atom. The lowest BCUT2D eigenvalue weighted by Crippen LogP contribution is -2.35. The maximum Gasteiger partial charge on any atom is 0.160 e. The van der Waals surface area contributed by atoms with Gasteiger partial charge < -0.3 is 5.11 Å². The van der Waals surface area contributed by atoms with E-state index in [9.17, 15) is 5.11 Å². The summed E-state index contributed by atoms with van der Waals surface area (Å²) in [6.45, 7) is 4.83. The van der Waals surface area contributed by atoms with E-state index >= 15 is 0 Å². The van der Waals surface area contributed by atoms with Crippen LogP contribution in [0, 0.1) is 5.92 Å². The van der Waals surface area contributed by atoms with Gasteiger partial charge in [0.05, 0.1) is 0 Å². The van der Waals surface area contributed by atoms with Crippen LogP contribution in [-0.4, -0.2) is 31.4 Å². The lowest BCUT2D eigenvalue weighted by Gasteiger charge is -2.25. The van der Waals surface area contributed by atoms with Crippen molar-refractivity contribution in [3.63, 3.8) is 0 Å². The molecule has 0 aliphatic carbocycles. The summed E-state index contributed by atoms with van der Waals surface area (Å²) in [6, 6.07) is 0. The van der Waals surface area contributed by atoms with Crippen molar-refractivity contribution in [3.05, 3.63) is 12.2 Å². The van der Waals surface area contributed by atoms with Crippen LogP contribution < -0.4 is 0 Å². The summed E-state index contributed by atoms with van der Waals surface area (Å²) in [7, 11) is 0. The summed E-state index contributed by atoms with van der Waals surface area (Å²) in [4.78, 5) is 4.18. The molecule has 0 amide bonds. The molecule has 2 atom stereocenters. The van der Waals surface area contributed by atoms with Gasteiger partial charge in [-0.2, -0.15) is 16.9 Å². The van der Waals surface area contributed by atoms with Crippen LogP contribution in [0.3, 0.4) is 0 Å². The van der Waals surface area contributed by atoms with Gasteiger partial charge in [0.1, 0.15) is 11.9 Å². The number of hydrogen-bond donors (Lipinski definition) is 1. The smallest absolute Gasteiger partial charge is 0.160 e. The Hall–Kier alpha value is -0.550. The summed E-state index contributed by atoms with van der Waals surface area (Å²) in [6.07, 6.45) is 1.52. The zero-order valence-electron chi connectivity index (χ0n) is 8.47. The molecule has 0 bridgehead atoms. The van der Waals surface area contributed by atoms with Crippen molar-refractivity contribution in [2.24, 2.45) is 5.92 Å². The molecule has 0 spiro atoms. The van der Waals surface area contributed by atoms with E-state index < -0.39 is 5.60 Å². The van der Waals surface area contributed by atoms with Crippen molar-refractivity contribution in [3.8, 4) is 0 Å². The molecular formula is C9H15N3OS. The number of hydrogen-bond acceptors (Lipinski definition) is 4. The molecule has 1 fully saturated rings. The minimum Gasteiger partial charge on any atom is -0.381 e. The minimum absolute atomic E-state index is 0.252. The van der Waals surface area contributed by atoms with E-state index in [-0.39, 0.29) is 5.92 Å². The van der Waals surface area contributed by atoms with E-state index in [4.69, 9.17) is 0 Å². The van der Waals surface area contributed by atoms with Crippen LogP contribution in [0.5, 0.6) is 0 Å². The third-order valence-corrected chi connectivity index (χ3v) is 4.19. The molecule has 1 N–H and O–H groups in total. The highest BCUT2D eigenvalue weighted by Crippen LogP contribution is 2.40. The summed E-state index contributed by atoms with van der Waals surface area (Å²) >= 11 is 1.78. The van der Waals surface area contributed by atoms with Crippen LogP contribution in [0.2, 0.25) is 0 Å². The fourth-order valence-electron chi connectivity index (χ4n) is 1.79. The van der Waals surface area contributed by atoms with Gasteiger partial charge in [0.25, 0.3) is 0 Å². The monoisotopic (exact) mass is 213 g/mol. The topological polar surface area (TPSA) is 50.9 Å². The molecule has 0 aromatic carbocycles. The predicted molar refractivity (Wildman–Crippen MR) is 56.1 cm³/mol. The third-order valence-electron chi connectivity index (χ3n) is 2.81. The van der Waals surface area contributed by atoms with Crippen LogP contribution in [0.15, 0.2) is 6.33 Å². The Kier molecular flexibility index (Phi) is 2.53. The quantitative estimate of drug-likeness (QED) is 0.792. The first kappa shape index (κ1) is 9.98. The molecule has 1 aromatic rings. The van der Waals surface area contributed by atoms with Crippen LogP contribution >= 0.6 is 11.8 Å². The Bertz CT molecular complexity index is 328. The van der Waals surface area contributed by atoms with Crippen LogP contribution in [-0.2, 0) is 12.1 Å². The van der Waals surface area contributed by atoms with E-state index in [0.29, 0.717) is 0 Å². The second kappa shape index (κ2) is 3.55. The zero-order chi connectivity index (χ0) is 10.2. The maximum atomic E-state index is 10.5. The number of aliphatic hydroxyl groups is 1. The standard InChI is InChI=1S/C9H15N3OS/c1-3-12-8(10-6-11-12)9(13)5-14-4-7(9)2/h6-7,13H,3-5H2,1-2H3. The van der Waals surface area contributed by atoms with E-state index in [1.807, 2.05) is 6.92 Å². The summed E-state index contributed by atoms with van der Waals surface area (Å²) in [5, 5.41) is 14.6. The Labute approximate surface area is 87.7 Å². The summed E-state index contributed by atoms with van der Waals surface area (Å²) in [5.41, 5.74) is -0.781. The molecule has 1 saturated heterocycles. The zero-order valence-corrected chi connectivity index (χ0v) is 9.29. The van der Waals surface area contributed by atoms with Gasteiger partial charge in [-0.05, 0) is 12.7 Å². The Morgan fingerprint density at radius 2 is 2.57 bits per heavy atom. The Morgan fingerprint density at radius 1 is 1.79 bits per heavy atom. The predicted octanol–water partition coefficient (Wildman–Crippen LogP) is 0.868. The van der Waals surface area contributed by atoms with Crippen molar-refractivity contribution in [2.75, 3.05) is 11.5 Å². The average molecular weight is 213 g/mol. The van der Waals surface area contributed by atoms with Crippen molar-refractivity contribution in [2.45, 2.75) is 26.0 Å². The van der Waals surface area contributed by atoms with E-state index in [1.54, 1.807) is 16.4 Å². The van der Waals surface area contributed by atoms with Gasteiger partial charge in [-0.1, -0.05) is 6.92 Å². The molecule has 0 saturated carbocycles. The van der Waals surface area contributed by atoms with Crippen molar-refractivity contribution in [1.82, 2.24) is 14.8 Å². The fraction of sp³-hybridized carbons (Fsp3) is 0.778. The average Bonchev–Trinajstić information content (AvgIpc) is 2.75. The normalized spacial score (nSPS) is 32.4. The first-order chi connectivity index (χ1) is 6.68. The second-order valence-corrected chi connectivity index (χ2v) is 4.77. The molecule has 2 unspecified atom stereocenters. The SMILES string of the molecule is CCn1ncnc1C1(O)CSCC1C. The summed E-state index contributed by atoms with van der Waals surface area (Å²) < 4.78 is 1.78. The molecule has 78 valence electrons. The van der Waals surface area contributed by atoms with Crippen molar-refractivity contribution < 1.29 is 5.11 Å². The number of rotatable bonds is 2. The third kappa shape index (κ3) is 1.35. The molecule has 4 nitrogen and oxygen atoms in total. The van der Waals surface area contributed by atoms with Crippen LogP contribution in [0.25, 0.3) is 0 Å². The molecule has 1 aliphatic heterocycles. The van der Waals surface area contributed by atoms with Crippen LogP contribution in [0.4, 0.5) is 0 Å². The second-order valence-electron chi connectivity index (χ2n) is 3.74. The van der Waals surface area contributed by atoms with Crippen molar-refractivity contribution >= 4 is 11.8 Å². The molecular weight excluding hydrogens is 198 g/mol. The lowest BCUT2D eigenvalue weighted by atomic mass is 9.92. The highest BCUT2D eigenvalue weighted by Gasteiger charge is 2.44. The fourth-order valence-corrected chi connectivity index (χ4v) is 3.26. The first-order valence-electron chi connectivity index (χ1n) is 4.87. The number of aryl methyl sites for hydroxylation is 1. The molecule has 14 heavy (non-hydrogen) atoms. The molecule has 5 heteroatoms. The highest BCUT2D eigenvalue weighted by molar-refractivity contribution is 7.99. The van der Waals surface area contributed by atoms with Crippen LogP contribution in [0.1, 0.15) is 19.7 Å². The lowest BCUT2D eigenvalue weighted by molar-refractivity contribution is 0.0104. The van der Waals surface area contributed by atoms with Gasteiger partial charge in [-0.3, -0.25) is 0 Å². The number of nitrogens with zero attached hydrogens (tertiary/aromatic N) is 3. The number of aromatic nitrogens is 3. The van der Waals surface area contributed by atoms with Gasteiger partial charge in [0.15, 0.2) is 5.82 Å². The summed E-state index contributed by atoms with van der Waals surface area (Å²) in [5.74, 6) is 2.69. The van der Waals surface area contributed by atoms with Gasteiger partial charge in [0, 0.05) is 18.2 Å². The molecule has 0 radical (unpaired) electrons. The Balaban J connectivity index is 2.37. The number of thioether (sulfide) groups is 1. The minimum atomic E-state index is -0.781. The van der Waals surface area contributed by atoms with E-state index in [2.05, 4.69) is 17.0 Å². The van der Waals surface area contributed by atoms with Crippen molar-refractivity contribution in [1.29, 1.82) is 0 Å². The largest absolute Gasteiger partial charge is 0.381 e. The van der Waals surface area contributed by atoms with Gasteiger partial charge in [-0.15, -0.1) is 0 Å². The van der Waals surface area contributed by atoms with Gasteiger partial charge in [-0.25, -0.2) is 9.67 Å². The highest BCUT2D eigenvalue weighted by atomic mass is 32.2. The van der Waals surface area contributed by atoms with E-state index in [0.717, 1.165) is 23.9 Å². The molecule has 1 aliphatic rings. The molecule has 1 aromatic heterocycles. The molecule has 2 rings (SSSR count). The maximum absolute atomic E-state index is 10.5. The van der Waals surface area contributed by atoms with Gasteiger partial charge in [0.2, 0.25) is 0 Å². The first-order valence-corrected chi connectivity index (χ1v) is 6.02. The van der Waals surface area contributed by atoms with Gasteiger partial charge >= 0.3 is 0 Å².